The maximum Gasteiger partial charge on any atom is 0.163 e. The maximum atomic E-state index is 11.3. The van der Waals surface area contributed by atoms with Crippen molar-refractivity contribution in [3.8, 4) is 0 Å². The molecule has 2 rings (SSSR count). The SMILES string of the molecule is CC1(C)Nc2ccccc2C1S(=O)O. The van der Waals surface area contributed by atoms with Crippen molar-refractivity contribution in [1.82, 2.24) is 0 Å². The third kappa shape index (κ3) is 1.35. The summed E-state index contributed by atoms with van der Waals surface area (Å²) in [6.07, 6.45) is 0. The number of para-hydroxylation sites is 1. The summed E-state index contributed by atoms with van der Waals surface area (Å²) >= 11 is -1.83. The number of fused-ring (bicyclic) bond motifs is 1. The van der Waals surface area contributed by atoms with Gasteiger partial charge in [0.15, 0.2) is 11.1 Å². The summed E-state index contributed by atoms with van der Waals surface area (Å²) in [6.45, 7) is 3.87. The zero-order valence-electron chi connectivity index (χ0n) is 8.15. The smallest absolute Gasteiger partial charge is 0.163 e. The lowest BCUT2D eigenvalue weighted by atomic mass is 10.00. The normalized spacial score (nSPS) is 25.2. The summed E-state index contributed by atoms with van der Waals surface area (Å²) in [7, 11) is 0. The van der Waals surface area contributed by atoms with Crippen molar-refractivity contribution in [3.05, 3.63) is 29.8 Å². The standard InChI is InChI=1S/C10H13NO2S/c1-10(2)9(14(12)13)7-5-3-4-6-8(7)11-10/h3-6,9,11H,1-2H3,(H,12,13). The Labute approximate surface area is 85.8 Å². The fourth-order valence-electron chi connectivity index (χ4n) is 2.00. The molecule has 1 aliphatic rings. The van der Waals surface area contributed by atoms with E-state index >= 15 is 0 Å². The molecule has 14 heavy (non-hydrogen) atoms. The zero-order valence-corrected chi connectivity index (χ0v) is 8.97. The topological polar surface area (TPSA) is 49.3 Å². The van der Waals surface area contributed by atoms with E-state index in [1.807, 2.05) is 38.1 Å². The van der Waals surface area contributed by atoms with Crippen LogP contribution in [0.4, 0.5) is 5.69 Å². The van der Waals surface area contributed by atoms with Gasteiger partial charge in [-0.15, -0.1) is 0 Å². The second-order valence-electron chi connectivity index (χ2n) is 4.09. The van der Waals surface area contributed by atoms with Gasteiger partial charge in [0.2, 0.25) is 0 Å². The molecule has 4 heteroatoms. The van der Waals surface area contributed by atoms with Crippen LogP contribution in [0, 0.1) is 0 Å². The van der Waals surface area contributed by atoms with Crippen molar-refractivity contribution in [1.29, 1.82) is 0 Å². The number of anilines is 1. The van der Waals surface area contributed by atoms with E-state index in [0.29, 0.717) is 0 Å². The number of hydrogen-bond donors (Lipinski definition) is 2. The summed E-state index contributed by atoms with van der Waals surface area (Å²) < 4.78 is 20.5. The highest BCUT2D eigenvalue weighted by Crippen LogP contribution is 2.43. The van der Waals surface area contributed by atoms with Gasteiger partial charge in [-0.25, -0.2) is 4.21 Å². The van der Waals surface area contributed by atoms with E-state index in [2.05, 4.69) is 5.32 Å². The molecule has 1 aliphatic heterocycles. The molecule has 0 aromatic heterocycles. The highest BCUT2D eigenvalue weighted by atomic mass is 32.2. The minimum Gasteiger partial charge on any atom is -0.378 e. The fourth-order valence-corrected chi connectivity index (χ4v) is 2.99. The highest BCUT2D eigenvalue weighted by molar-refractivity contribution is 7.79. The van der Waals surface area contributed by atoms with Gasteiger partial charge in [0.1, 0.15) is 5.25 Å². The van der Waals surface area contributed by atoms with E-state index in [4.69, 9.17) is 0 Å². The fraction of sp³-hybridized carbons (Fsp3) is 0.400. The Bertz CT molecular complexity index is 389. The van der Waals surface area contributed by atoms with Crippen LogP contribution in [-0.2, 0) is 11.1 Å². The van der Waals surface area contributed by atoms with Gasteiger partial charge >= 0.3 is 0 Å². The maximum absolute atomic E-state index is 11.3. The molecule has 3 nitrogen and oxygen atoms in total. The van der Waals surface area contributed by atoms with Crippen LogP contribution in [0.1, 0.15) is 24.7 Å². The van der Waals surface area contributed by atoms with Gasteiger partial charge < -0.3 is 9.87 Å². The van der Waals surface area contributed by atoms with E-state index in [9.17, 15) is 8.76 Å². The van der Waals surface area contributed by atoms with Crippen LogP contribution in [-0.4, -0.2) is 14.3 Å². The second kappa shape index (κ2) is 3.07. The summed E-state index contributed by atoms with van der Waals surface area (Å²) in [5.74, 6) is 0. The Balaban J connectivity index is 2.53. The van der Waals surface area contributed by atoms with Gasteiger partial charge in [0.05, 0.1) is 5.54 Å². The molecule has 1 aromatic carbocycles. The predicted octanol–water partition coefficient (Wildman–Crippen LogP) is 2.15. The molecule has 76 valence electrons. The number of hydrogen-bond acceptors (Lipinski definition) is 2. The number of nitrogens with one attached hydrogen (secondary N) is 1. The molecule has 0 radical (unpaired) electrons. The summed E-state index contributed by atoms with van der Waals surface area (Å²) in [6, 6.07) is 7.65. The minimum atomic E-state index is -1.83. The lowest BCUT2D eigenvalue weighted by Gasteiger charge is -2.24. The average molecular weight is 211 g/mol. The molecule has 0 bridgehead atoms. The molecule has 0 spiro atoms. The van der Waals surface area contributed by atoms with Crippen molar-refractivity contribution in [2.24, 2.45) is 0 Å². The molecular formula is C10H13NO2S. The van der Waals surface area contributed by atoms with Gasteiger partial charge in [-0.3, -0.25) is 0 Å². The first-order chi connectivity index (χ1) is 6.52. The minimum absolute atomic E-state index is 0.348. The van der Waals surface area contributed by atoms with Crippen molar-refractivity contribution in [2.75, 3.05) is 5.32 Å². The Kier molecular flexibility index (Phi) is 2.12. The Morgan fingerprint density at radius 3 is 2.71 bits per heavy atom. The number of benzene rings is 1. The third-order valence-corrected chi connectivity index (χ3v) is 3.80. The lowest BCUT2D eigenvalue weighted by Crippen LogP contribution is -2.34. The molecular weight excluding hydrogens is 198 g/mol. The van der Waals surface area contributed by atoms with Crippen LogP contribution in [0.2, 0.25) is 0 Å². The van der Waals surface area contributed by atoms with E-state index in [1.165, 1.54) is 0 Å². The van der Waals surface area contributed by atoms with Crippen LogP contribution < -0.4 is 5.32 Å². The quantitative estimate of drug-likeness (QED) is 0.700. The molecule has 2 unspecified atom stereocenters. The van der Waals surface area contributed by atoms with Crippen molar-refractivity contribution < 1.29 is 8.76 Å². The molecule has 1 aromatic rings. The van der Waals surface area contributed by atoms with Crippen LogP contribution >= 0.6 is 0 Å². The monoisotopic (exact) mass is 211 g/mol. The first-order valence-corrected chi connectivity index (χ1v) is 5.66. The lowest BCUT2D eigenvalue weighted by molar-refractivity contribution is 0.502. The first kappa shape index (κ1) is 9.68. The molecule has 2 atom stereocenters. The molecule has 1 heterocycles. The molecule has 0 saturated carbocycles. The summed E-state index contributed by atoms with van der Waals surface area (Å²) in [4.78, 5) is 0. The predicted molar refractivity (Wildman–Crippen MR) is 57.7 cm³/mol. The van der Waals surface area contributed by atoms with Crippen molar-refractivity contribution in [3.63, 3.8) is 0 Å². The van der Waals surface area contributed by atoms with Crippen LogP contribution in [0.25, 0.3) is 0 Å². The molecule has 2 N–H and O–H groups in total. The van der Waals surface area contributed by atoms with E-state index in [-0.39, 0.29) is 10.8 Å². The van der Waals surface area contributed by atoms with Gasteiger partial charge in [0, 0.05) is 5.69 Å². The molecule has 0 amide bonds. The van der Waals surface area contributed by atoms with Crippen LogP contribution in [0.3, 0.4) is 0 Å². The van der Waals surface area contributed by atoms with Crippen molar-refractivity contribution in [2.45, 2.75) is 24.6 Å². The van der Waals surface area contributed by atoms with E-state index in [0.717, 1.165) is 11.3 Å². The van der Waals surface area contributed by atoms with Gasteiger partial charge in [0.25, 0.3) is 0 Å². The Hall–Kier alpha value is -0.870. The van der Waals surface area contributed by atoms with Gasteiger partial charge in [-0.1, -0.05) is 18.2 Å². The van der Waals surface area contributed by atoms with Gasteiger partial charge in [-0.2, -0.15) is 0 Å². The second-order valence-corrected chi connectivity index (χ2v) is 5.11. The molecule has 0 fully saturated rings. The summed E-state index contributed by atoms with van der Waals surface area (Å²) in [5.41, 5.74) is 1.53. The third-order valence-electron chi connectivity index (χ3n) is 2.56. The Morgan fingerprint density at radius 2 is 2.07 bits per heavy atom. The van der Waals surface area contributed by atoms with Gasteiger partial charge in [-0.05, 0) is 25.5 Å². The molecule has 0 aliphatic carbocycles. The van der Waals surface area contributed by atoms with Crippen molar-refractivity contribution >= 4 is 16.8 Å². The zero-order chi connectivity index (χ0) is 10.3. The van der Waals surface area contributed by atoms with Crippen LogP contribution in [0.15, 0.2) is 24.3 Å². The molecule has 0 saturated heterocycles. The largest absolute Gasteiger partial charge is 0.378 e. The highest BCUT2D eigenvalue weighted by Gasteiger charge is 2.42. The van der Waals surface area contributed by atoms with E-state index in [1.54, 1.807) is 0 Å². The first-order valence-electron chi connectivity index (χ1n) is 4.49. The van der Waals surface area contributed by atoms with Crippen LogP contribution in [0.5, 0.6) is 0 Å². The van der Waals surface area contributed by atoms with E-state index < -0.39 is 11.1 Å². The Morgan fingerprint density at radius 1 is 1.43 bits per heavy atom. The summed E-state index contributed by atoms with van der Waals surface area (Å²) in [5, 5.41) is 2.90. The average Bonchev–Trinajstić information content (AvgIpc) is 2.33. The number of rotatable bonds is 1.